The van der Waals surface area contributed by atoms with E-state index in [2.05, 4.69) is 26.2 Å². The molecule has 0 saturated heterocycles. The minimum absolute atomic E-state index is 0.0370. The van der Waals surface area contributed by atoms with Crippen LogP contribution < -0.4 is 5.32 Å². The lowest BCUT2D eigenvalue weighted by molar-refractivity contribution is -0.115. The molecule has 1 N–H and O–H groups in total. The molecule has 4 rings (SSSR count). The van der Waals surface area contributed by atoms with Crippen LogP contribution in [-0.4, -0.2) is 15.3 Å². The summed E-state index contributed by atoms with van der Waals surface area (Å²) in [4.78, 5) is 18.0. The quantitative estimate of drug-likeness (QED) is 0.481. The zero-order chi connectivity index (χ0) is 18.1. The van der Waals surface area contributed by atoms with Gasteiger partial charge in [-0.2, -0.15) is 0 Å². The minimum Gasteiger partial charge on any atom is -0.326 e. The lowest BCUT2D eigenvalue weighted by Crippen LogP contribution is -2.16. The molecule has 0 spiro atoms. The maximum atomic E-state index is 12.5. The molecule has 0 bridgehead atoms. The summed E-state index contributed by atoms with van der Waals surface area (Å²) in [5.74, 6) is -0.0370. The van der Waals surface area contributed by atoms with Crippen LogP contribution in [0.1, 0.15) is 11.3 Å². The molecule has 130 valence electrons. The van der Waals surface area contributed by atoms with Crippen molar-refractivity contribution in [2.45, 2.75) is 13.3 Å². The largest absolute Gasteiger partial charge is 0.326 e. The Morgan fingerprint density at radius 2 is 2.04 bits per heavy atom. The topological polar surface area (TPSA) is 46.4 Å². The zero-order valence-corrected chi connectivity index (χ0v) is 16.5. The predicted octanol–water partition coefficient (Wildman–Crippen LogP) is 5.31. The van der Waals surface area contributed by atoms with Crippen LogP contribution in [0.3, 0.4) is 0 Å². The maximum absolute atomic E-state index is 12.5. The van der Waals surface area contributed by atoms with Crippen LogP contribution >= 0.6 is 27.3 Å². The number of hydrogen-bond acceptors (Lipinski definition) is 3. The molecule has 4 nitrogen and oxygen atoms in total. The summed E-state index contributed by atoms with van der Waals surface area (Å²) in [6, 6.07) is 15.9. The first-order valence-electron chi connectivity index (χ1n) is 8.17. The zero-order valence-electron chi connectivity index (χ0n) is 14.1. The molecule has 6 heteroatoms. The highest BCUT2D eigenvalue weighted by atomic mass is 79.9. The van der Waals surface area contributed by atoms with Crippen LogP contribution in [0.15, 0.2) is 64.6 Å². The van der Waals surface area contributed by atoms with Gasteiger partial charge >= 0.3 is 0 Å². The van der Waals surface area contributed by atoms with Gasteiger partial charge in [0.2, 0.25) is 5.91 Å². The monoisotopic (exact) mass is 425 g/mol. The van der Waals surface area contributed by atoms with Gasteiger partial charge < -0.3 is 5.32 Å². The van der Waals surface area contributed by atoms with E-state index < -0.39 is 0 Å². The molecule has 0 unspecified atom stereocenters. The minimum atomic E-state index is -0.0370. The molecular formula is C20H16BrN3OS. The average Bonchev–Trinajstić information content (AvgIpc) is 3.20. The SMILES string of the molecule is Cc1cc(Br)ccc1NC(=O)Cc1csc2nc(-c3ccccc3)cn12. The van der Waals surface area contributed by atoms with E-state index in [1.54, 1.807) is 11.3 Å². The van der Waals surface area contributed by atoms with Crippen LogP contribution in [0, 0.1) is 6.92 Å². The second kappa shape index (κ2) is 7.05. The van der Waals surface area contributed by atoms with E-state index in [0.717, 1.165) is 37.6 Å². The van der Waals surface area contributed by atoms with Crippen LogP contribution in [0.4, 0.5) is 5.69 Å². The van der Waals surface area contributed by atoms with Crippen molar-refractivity contribution in [2.75, 3.05) is 5.32 Å². The van der Waals surface area contributed by atoms with Gasteiger partial charge in [-0.25, -0.2) is 4.98 Å². The molecule has 2 heterocycles. The van der Waals surface area contributed by atoms with E-state index in [9.17, 15) is 4.79 Å². The number of aromatic nitrogens is 2. The van der Waals surface area contributed by atoms with Crippen molar-refractivity contribution in [3.63, 3.8) is 0 Å². The predicted molar refractivity (Wildman–Crippen MR) is 110 cm³/mol. The van der Waals surface area contributed by atoms with Gasteiger partial charge in [0, 0.05) is 33.0 Å². The van der Waals surface area contributed by atoms with Gasteiger partial charge in [0.1, 0.15) is 0 Å². The Hall–Kier alpha value is -2.44. The fraction of sp³-hybridized carbons (Fsp3) is 0.100. The number of fused-ring (bicyclic) bond motifs is 1. The second-order valence-corrected chi connectivity index (χ2v) is 7.81. The summed E-state index contributed by atoms with van der Waals surface area (Å²) >= 11 is 4.99. The molecule has 0 radical (unpaired) electrons. The first kappa shape index (κ1) is 17.0. The van der Waals surface area contributed by atoms with Crippen LogP contribution in [0.5, 0.6) is 0 Å². The molecular weight excluding hydrogens is 410 g/mol. The molecule has 4 aromatic rings. The third-order valence-electron chi connectivity index (χ3n) is 4.16. The summed E-state index contributed by atoms with van der Waals surface area (Å²) in [6.45, 7) is 1.98. The first-order valence-corrected chi connectivity index (χ1v) is 9.84. The molecule has 0 atom stereocenters. The highest BCUT2D eigenvalue weighted by molar-refractivity contribution is 9.10. The van der Waals surface area contributed by atoms with Gasteiger partial charge in [0.15, 0.2) is 4.96 Å². The van der Waals surface area contributed by atoms with E-state index in [4.69, 9.17) is 0 Å². The van der Waals surface area contributed by atoms with Gasteiger partial charge in [0.25, 0.3) is 0 Å². The lowest BCUT2D eigenvalue weighted by Gasteiger charge is -2.08. The number of imidazole rings is 1. The third kappa shape index (κ3) is 3.43. The van der Waals surface area contributed by atoms with Crippen LogP contribution in [-0.2, 0) is 11.2 Å². The van der Waals surface area contributed by atoms with Gasteiger partial charge in [-0.3, -0.25) is 9.20 Å². The number of benzene rings is 2. The van der Waals surface area contributed by atoms with E-state index in [1.807, 2.05) is 71.4 Å². The fourth-order valence-electron chi connectivity index (χ4n) is 2.83. The van der Waals surface area contributed by atoms with Crippen molar-refractivity contribution >= 4 is 43.8 Å². The Morgan fingerprint density at radius 3 is 2.81 bits per heavy atom. The Morgan fingerprint density at radius 1 is 1.23 bits per heavy atom. The number of carbonyl (C=O) groups excluding carboxylic acids is 1. The van der Waals surface area contributed by atoms with Gasteiger partial charge in [-0.05, 0) is 30.7 Å². The molecule has 0 saturated carbocycles. The molecule has 0 fully saturated rings. The van der Waals surface area contributed by atoms with Crippen LogP contribution in [0.25, 0.3) is 16.2 Å². The highest BCUT2D eigenvalue weighted by Gasteiger charge is 2.13. The van der Waals surface area contributed by atoms with E-state index in [1.165, 1.54) is 0 Å². The number of nitrogens with zero attached hydrogens (tertiary/aromatic N) is 2. The van der Waals surface area contributed by atoms with Crippen LogP contribution in [0.2, 0.25) is 0 Å². The number of rotatable bonds is 4. The molecule has 0 aliphatic rings. The van der Waals surface area contributed by atoms with Gasteiger partial charge in [0.05, 0.1) is 12.1 Å². The summed E-state index contributed by atoms with van der Waals surface area (Å²) < 4.78 is 3.00. The third-order valence-corrected chi connectivity index (χ3v) is 5.54. The maximum Gasteiger partial charge on any atom is 0.230 e. The summed E-state index contributed by atoms with van der Waals surface area (Å²) in [5.41, 5.74) is 4.79. The summed E-state index contributed by atoms with van der Waals surface area (Å²) in [6.07, 6.45) is 2.30. The van der Waals surface area contributed by atoms with Crippen molar-refractivity contribution in [2.24, 2.45) is 0 Å². The molecule has 26 heavy (non-hydrogen) atoms. The number of amides is 1. The number of aryl methyl sites for hydroxylation is 1. The van der Waals surface area contributed by atoms with E-state index >= 15 is 0 Å². The normalized spacial score (nSPS) is 11.0. The van der Waals surface area contributed by atoms with Crippen molar-refractivity contribution in [1.82, 2.24) is 9.38 Å². The van der Waals surface area contributed by atoms with Crippen molar-refractivity contribution in [3.05, 3.63) is 75.8 Å². The van der Waals surface area contributed by atoms with E-state index in [0.29, 0.717) is 6.42 Å². The van der Waals surface area contributed by atoms with Gasteiger partial charge in [-0.1, -0.05) is 46.3 Å². The number of carbonyl (C=O) groups is 1. The van der Waals surface area contributed by atoms with Gasteiger partial charge in [-0.15, -0.1) is 11.3 Å². The number of hydrogen-bond donors (Lipinski definition) is 1. The highest BCUT2D eigenvalue weighted by Crippen LogP contribution is 2.24. The smallest absolute Gasteiger partial charge is 0.230 e. The van der Waals surface area contributed by atoms with Crippen molar-refractivity contribution < 1.29 is 4.79 Å². The Bertz CT molecular complexity index is 1090. The first-order chi connectivity index (χ1) is 12.6. The fourth-order valence-corrected chi connectivity index (χ4v) is 4.18. The Balaban J connectivity index is 1.55. The summed E-state index contributed by atoms with van der Waals surface area (Å²) in [5, 5.41) is 4.98. The second-order valence-electron chi connectivity index (χ2n) is 6.06. The van der Waals surface area contributed by atoms with Crippen molar-refractivity contribution in [1.29, 1.82) is 0 Å². The lowest BCUT2D eigenvalue weighted by atomic mass is 10.2. The standard InChI is InChI=1S/C20H16BrN3OS/c1-13-9-15(21)7-8-17(13)22-19(25)10-16-12-26-20-23-18(11-24(16)20)14-5-3-2-4-6-14/h2-9,11-12H,10H2,1H3,(H,22,25). The number of nitrogens with one attached hydrogen (secondary N) is 1. The number of halogens is 1. The Kier molecular flexibility index (Phi) is 4.61. The Labute approximate surface area is 163 Å². The van der Waals surface area contributed by atoms with Crippen molar-refractivity contribution in [3.8, 4) is 11.3 Å². The number of thiazole rings is 1. The average molecular weight is 426 g/mol. The number of anilines is 1. The molecule has 1 amide bonds. The van der Waals surface area contributed by atoms with E-state index in [-0.39, 0.29) is 5.91 Å². The molecule has 2 aromatic carbocycles. The molecule has 2 aromatic heterocycles. The molecule has 0 aliphatic heterocycles. The summed E-state index contributed by atoms with van der Waals surface area (Å²) in [7, 11) is 0. The molecule has 0 aliphatic carbocycles.